The number of methoxy groups -OCH3 is 4. The predicted octanol–water partition coefficient (Wildman–Crippen LogP) is 6.76. The molecule has 0 spiro atoms. The van der Waals surface area contributed by atoms with Gasteiger partial charge in [0.05, 0.1) is 108 Å². The zero-order chi connectivity index (χ0) is 91.1. The molecule has 4 aromatic rings. The molecule has 4 aromatic carbocycles. The van der Waals surface area contributed by atoms with E-state index in [1.165, 1.54) is 51.0 Å². The Morgan fingerprint density at radius 1 is 0.540 bits per heavy atom. The highest BCUT2D eigenvalue weighted by Crippen LogP contribution is 2.44. The maximum atomic E-state index is 14.8. The van der Waals surface area contributed by atoms with E-state index in [0.717, 1.165) is 23.3 Å². The van der Waals surface area contributed by atoms with Crippen molar-refractivity contribution in [2.75, 3.05) is 134 Å². The fraction of sp³-hybridized carbons (Fsp3) is 0.478. The molecule has 8 bridgehead atoms. The van der Waals surface area contributed by atoms with Gasteiger partial charge in [-0.3, -0.25) is 62.5 Å². The minimum Gasteiger partial charge on any atom is -0.493 e. The summed E-state index contributed by atoms with van der Waals surface area (Å²) < 4.78 is 57.4. The van der Waals surface area contributed by atoms with Crippen molar-refractivity contribution in [2.24, 2.45) is 5.92 Å². The molecule has 36 heteroatoms. The molecule has 0 radical (unpaired) electrons. The normalized spacial score (nSPS) is 21.6. The number of amides is 12. The number of nitrogens with zero attached hydrogens (tertiary/aromatic N) is 4. The Balaban J connectivity index is 1.00. The molecular weight excluding hydrogens is 1630 g/mol. The molecule has 8 aliphatic heterocycles. The molecule has 9 N–H and O–H groups in total. The number of benzene rings is 4. The number of hydrogen-bond donors (Lipinski definition) is 9. The van der Waals surface area contributed by atoms with Gasteiger partial charge < -0.3 is 105 Å². The van der Waals surface area contributed by atoms with Gasteiger partial charge in [-0.1, -0.05) is 75.2 Å². The Morgan fingerprint density at radius 2 is 1.05 bits per heavy atom. The summed E-state index contributed by atoms with van der Waals surface area (Å²) in [5.74, 6) is -8.68. The average Bonchev–Trinajstić information content (AvgIpc) is 1.60. The maximum Gasteiger partial charge on any atom is 0.414 e. The zero-order valence-corrected chi connectivity index (χ0v) is 72.6. The van der Waals surface area contributed by atoms with Gasteiger partial charge in [0, 0.05) is 81.9 Å². The van der Waals surface area contributed by atoms with Crippen LogP contribution in [-0.2, 0) is 84.8 Å². The van der Waals surface area contributed by atoms with Gasteiger partial charge in [-0.2, -0.15) is 0 Å². The number of unbranched alkanes of at least 4 members (excludes halogenated alkanes) is 2. The van der Waals surface area contributed by atoms with Crippen molar-refractivity contribution < 1.29 is 110 Å². The molecule has 12 amide bonds. The number of hydrogen-bond acceptors (Lipinski definition) is 24. The molecule has 0 saturated carbocycles. The van der Waals surface area contributed by atoms with Crippen molar-refractivity contribution >= 4 is 99.8 Å². The summed E-state index contributed by atoms with van der Waals surface area (Å²) in [5.41, 5.74) is 4.47. The van der Waals surface area contributed by atoms with Crippen LogP contribution in [0.4, 0.5) is 32.3 Å². The van der Waals surface area contributed by atoms with Gasteiger partial charge in [-0.15, -0.1) is 0 Å². The summed E-state index contributed by atoms with van der Waals surface area (Å²) in [6.45, 7) is 25.9. The molecule has 2 saturated heterocycles. The van der Waals surface area contributed by atoms with Crippen molar-refractivity contribution in [1.29, 1.82) is 0 Å². The third kappa shape index (κ3) is 27.2. The molecule has 12 rings (SSSR count). The van der Waals surface area contributed by atoms with Crippen LogP contribution in [0.25, 0.3) is 0 Å². The van der Waals surface area contributed by atoms with Gasteiger partial charge >= 0.3 is 12.2 Å². The number of fused-ring (bicyclic) bond motifs is 2. The fourth-order valence-corrected chi connectivity index (χ4v) is 14.9. The minimum atomic E-state index is -2.00. The average molecular weight is 1750 g/mol. The summed E-state index contributed by atoms with van der Waals surface area (Å²) in [6, 6.07) is 9.31. The second-order valence-electron chi connectivity index (χ2n) is 31.3. The lowest BCUT2D eigenvalue weighted by molar-refractivity contribution is -0.137. The number of carbonyl (C=O) groups is 13. The second-order valence-corrected chi connectivity index (χ2v) is 31.3. The Bertz CT molecular complexity index is 4640. The van der Waals surface area contributed by atoms with Gasteiger partial charge in [0.15, 0.2) is 28.8 Å². The fourth-order valence-electron chi connectivity index (χ4n) is 14.9. The summed E-state index contributed by atoms with van der Waals surface area (Å²) >= 11 is 0. The van der Waals surface area contributed by atoms with Crippen LogP contribution in [0, 0.1) is 5.92 Å². The van der Waals surface area contributed by atoms with E-state index < -0.39 is 126 Å². The highest BCUT2D eigenvalue weighted by molar-refractivity contribution is 6.08. The highest BCUT2D eigenvalue weighted by Gasteiger charge is 2.47. The largest absolute Gasteiger partial charge is 0.493 e. The molecule has 9 atom stereocenters. The van der Waals surface area contributed by atoms with Crippen LogP contribution in [0.1, 0.15) is 130 Å². The molecule has 1 unspecified atom stereocenters. The van der Waals surface area contributed by atoms with Crippen LogP contribution in [0.3, 0.4) is 0 Å². The smallest absolute Gasteiger partial charge is 0.414 e. The van der Waals surface area contributed by atoms with Gasteiger partial charge in [-0.05, 0) is 144 Å². The molecule has 36 nitrogen and oxygen atoms in total. The molecule has 680 valence electrons. The Kier molecular flexibility index (Phi) is 37.0. The lowest BCUT2D eigenvalue weighted by Gasteiger charge is -2.33. The number of Topliss-reactive ketones (excluding diaryl/α,β-unsaturated/α-hetero) is 1. The lowest BCUT2D eigenvalue weighted by atomic mass is 9.93. The monoisotopic (exact) mass is 1750 g/mol. The SMILES string of the molecule is C=CC(=O)N[C@@H]1C(=O)C[C@@H](C)C(=O)N[C@@H](CCCCNC(=O)COCCOC)C(=O)Nc2ccc(cc2)COC(=O)N2C[C@@H]3CC(=C)CN3C(=O)c3cc(OC)c(cc32)OCCCCCOc2cc3c(cc2OC)C(=O)N2CC(=C)C[C@H]2C(C)N3C(=O)OCc2ccc(cc2)NC(=O)[C@H](CCCCNC(=C)COCCOC)NC(=O)[C@H](C)NC(=O)[C@H]1NC(=O)C=C. The van der Waals surface area contributed by atoms with E-state index in [0.29, 0.717) is 87.9 Å². The number of carbonyl (C=O) groups excluding carboxylic acids is 13. The van der Waals surface area contributed by atoms with Gasteiger partial charge in [0.2, 0.25) is 47.3 Å². The maximum absolute atomic E-state index is 14.8. The zero-order valence-electron chi connectivity index (χ0n) is 72.6. The van der Waals surface area contributed by atoms with Crippen LogP contribution in [0.2, 0.25) is 0 Å². The van der Waals surface area contributed by atoms with Crippen molar-refractivity contribution in [3.63, 3.8) is 0 Å². The third-order valence-electron chi connectivity index (χ3n) is 21.8. The number of rotatable bonds is 27. The summed E-state index contributed by atoms with van der Waals surface area (Å²) in [5, 5.41) is 24.3. The van der Waals surface area contributed by atoms with E-state index in [1.807, 2.05) is 6.92 Å². The first-order valence-electron chi connectivity index (χ1n) is 42.0. The number of anilines is 4. The lowest BCUT2D eigenvalue weighted by Crippen LogP contribution is -2.63. The van der Waals surface area contributed by atoms with E-state index in [-0.39, 0.29) is 167 Å². The molecule has 2 fully saturated rings. The molecular formula is C90H117N13O23. The molecule has 8 aliphatic rings. The predicted molar refractivity (Wildman–Crippen MR) is 466 cm³/mol. The number of ether oxygens (including phenoxy) is 10. The van der Waals surface area contributed by atoms with Crippen molar-refractivity contribution in [2.45, 2.75) is 159 Å². The first kappa shape index (κ1) is 97.1. The summed E-state index contributed by atoms with van der Waals surface area (Å²) in [7, 11) is 5.93. The van der Waals surface area contributed by atoms with E-state index in [2.05, 4.69) is 80.7 Å². The Hall–Kier alpha value is -12.7. The number of ketones is 1. The van der Waals surface area contributed by atoms with Crippen LogP contribution >= 0.6 is 0 Å². The topological polar surface area (TPSA) is 435 Å². The molecule has 126 heavy (non-hydrogen) atoms. The standard InChI is InChI=1S/C90H117N13O23/c1-13-77(105)98-80-72(104)42-56(5)82(108)96-67(22-17-19-33-92-79(107)53-122-39-37-118-10)84(110)94-62-28-24-60(25-29-62)51-125-89(115)102-49-64-40-54(3)47-100(64)87(113)65-43-73(119-11)75(45-70(65)102)123-34-20-15-21-35-124-76-46-71-66(44-74(76)120-12)88(114)101-48-55(4)41-69(101)59(8)103(71)90(116)126-52-61-26-30-63(31-27-61)95-85(111)68(23-16-18-32-91-57(6)50-121-38-36-117-9)97-83(109)58(7)93-86(112)81(80)99-78(106)14-2/h13-14,24-31,43-46,56,58-59,64,67-69,80-81,91H,1-4,6,15-23,32-42,47-53H2,5,7-12H3,(H,92,107)(H,93,112)(H,94,110)(H,95,111)(H,96,108)(H,97,109)(H,98,105)(H,99,106)/t56-,58+,59?,64+,67+,68+,69+,80-,81+/m1/s1. The quantitative estimate of drug-likeness (QED) is 0.0169. The Morgan fingerprint density at radius 3 is 1.61 bits per heavy atom. The third-order valence-corrected chi connectivity index (χ3v) is 21.8. The minimum absolute atomic E-state index is 0.00259. The summed E-state index contributed by atoms with van der Waals surface area (Å²) in [6.07, 6.45) is 3.19. The van der Waals surface area contributed by atoms with Crippen LogP contribution in [-0.4, -0.2) is 249 Å². The van der Waals surface area contributed by atoms with Crippen molar-refractivity contribution in [3.05, 3.63) is 157 Å². The van der Waals surface area contributed by atoms with E-state index in [4.69, 9.17) is 47.4 Å². The van der Waals surface area contributed by atoms with Crippen molar-refractivity contribution in [3.8, 4) is 23.0 Å². The molecule has 0 aromatic heterocycles. The van der Waals surface area contributed by atoms with E-state index in [9.17, 15) is 62.3 Å². The van der Waals surface area contributed by atoms with E-state index in [1.54, 1.807) is 83.6 Å². The first-order chi connectivity index (χ1) is 60.6. The van der Waals surface area contributed by atoms with E-state index >= 15 is 0 Å². The molecule has 8 heterocycles. The summed E-state index contributed by atoms with van der Waals surface area (Å²) in [4.78, 5) is 191. The van der Waals surface area contributed by atoms with Crippen molar-refractivity contribution in [1.82, 2.24) is 47.0 Å². The molecule has 0 aliphatic carbocycles. The number of nitrogens with one attached hydrogen (secondary N) is 9. The first-order valence-corrected chi connectivity index (χ1v) is 42.0. The van der Waals surface area contributed by atoms with Crippen LogP contribution < -0.4 is 76.6 Å². The van der Waals surface area contributed by atoms with Gasteiger partial charge in [-0.25, -0.2) is 9.59 Å². The van der Waals surface area contributed by atoms with Crippen LogP contribution in [0.5, 0.6) is 23.0 Å². The van der Waals surface area contributed by atoms with Gasteiger partial charge in [0.25, 0.3) is 11.8 Å². The van der Waals surface area contributed by atoms with Gasteiger partial charge in [0.1, 0.15) is 50.0 Å². The van der Waals surface area contributed by atoms with Crippen LogP contribution in [0.15, 0.2) is 135 Å². The highest BCUT2D eigenvalue weighted by atomic mass is 16.6. The second kappa shape index (κ2) is 48.0. The Labute approximate surface area is 732 Å².